The Morgan fingerprint density at radius 2 is 1.94 bits per heavy atom. The summed E-state index contributed by atoms with van der Waals surface area (Å²) in [5, 5.41) is 1.17. The molecule has 1 saturated carbocycles. The highest BCUT2D eigenvalue weighted by Crippen LogP contribution is 2.46. The van der Waals surface area contributed by atoms with E-state index >= 15 is 0 Å². The highest BCUT2D eigenvalue weighted by Gasteiger charge is 2.35. The molecule has 0 N–H and O–H groups in total. The van der Waals surface area contributed by atoms with Gasteiger partial charge in [-0.15, -0.1) is 0 Å². The van der Waals surface area contributed by atoms with Gasteiger partial charge in [0.1, 0.15) is 11.6 Å². The number of carbonyl (C=O) groups is 1. The number of carbonyl (C=O) groups excluding carboxylic acids is 1. The maximum Gasteiger partial charge on any atom is 0.228 e. The number of rotatable bonds is 3. The molecule has 0 spiro atoms. The predicted octanol–water partition coefficient (Wildman–Crippen LogP) is 5.13. The summed E-state index contributed by atoms with van der Waals surface area (Å²) in [6, 6.07) is 8.94. The quantitative estimate of drug-likeness (QED) is 0.574. The van der Waals surface area contributed by atoms with Gasteiger partial charge in [0, 0.05) is 54.6 Å². The van der Waals surface area contributed by atoms with Gasteiger partial charge >= 0.3 is 0 Å². The average Bonchev–Trinajstić information content (AvgIpc) is 3.52. The fraction of sp³-hybridized carbons (Fsp3) is 0.462. The van der Waals surface area contributed by atoms with Crippen LogP contribution in [0.2, 0.25) is 0 Å². The van der Waals surface area contributed by atoms with Crippen LogP contribution in [0.4, 0.5) is 10.2 Å². The van der Waals surface area contributed by atoms with E-state index in [1.807, 2.05) is 44.0 Å². The number of amides is 1. The van der Waals surface area contributed by atoms with Crippen LogP contribution in [0.15, 0.2) is 42.7 Å². The second kappa shape index (κ2) is 7.61. The van der Waals surface area contributed by atoms with Crippen LogP contribution >= 0.6 is 0 Å². The minimum Gasteiger partial charge on any atom is -0.350 e. The number of pyridine rings is 1. The predicted molar refractivity (Wildman–Crippen MR) is 126 cm³/mol. The lowest BCUT2D eigenvalue weighted by molar-refractivity contribution is -0.140. The summed E-state index contributed by atoms with van der Waals surface area (Å²) in [7, 11) is 0. The van der Waals surface area contributed by atoms with E-state index in [1.165, 1.54) is 29.9 Å². The summed E-state index contributed by atoms with van der Waals surface area (Å²) in [6.45, 7) is 10.2. The zero-order valence-corrected chi connectivity index (χ0v) is 19.3. The van der Waals surface area contributed by atoms with Gasteiger partial charge < -0.3 is 14.4 Å². The normalized spacial score (nSPS) is 19.6. The molecule has 5 rings (SSSR count). The molecule has 0 unspecified atom stereocenters. The molecule has 0 radical (unpaired) electrons. The number of nitrogens with zero attached hydrogens (tertiary/aromatic N) is 4. The number of fused-ring (bicyclic) bond motifs is 1. The van der Waals surface area contributed by atoms with Gasteiger partial charge in [0.15, 0.2) is 0 Å². The first kappa shape index (κ1) is 21.0. The van der Waals surface area contributed by atoms with Gasteiger partial charge in [0.2, 0.25) is 5.91 Å². The van der Waals surface area contributed by atoms with E-state index < -0.39 is 0 Å². The highest BCUT2D eigenvalue weighted by molar-refractivity contribution is 5.96. The molecule has 1 aliphatic carbocycles. The monoisotopic (exact) mass is 434 g/mol. The zero-order valence-electron chi connectivity index (χ0n) is 19.3. The molecule has 2 aromatic heterocycles. The van der Waals surface area contributed by atoms with Gasteiger partial charge in [0.25, 0.3) is 0 Å². The van der Waals surface area contributed by atoms with Crippen molar-refractivity contribution >= 4 is 22.6 Å². The van der Waals surface area contributed by atoms with Crippen molar-refractivity contribution in [3.8, 4) is 5.69 Å². The number of hydrogen-bond donors (Lipinski definition) is 0. The summed E-state index contributed by atoms with van der Waals surface area (Å²) in [6.07, 6.45) is 6.38. The van der Waals surface area contributed by atoms with Crippen molar-refractivity contribution in [2.24, 2.45) is 5.41 Å². The van der Waals surface area contributed by atoms with Crippen LogP contribution in [0.3, 0.4) is 0 Å². The third-order valence-electron chi connectivity index (χ3n) is 6.66. The van der Waals surface area contributed by atoms with Crippen LogP contribution in [0.25, 0.3) is 16.6 Å². The molecule has 1 atom stereocenters. The number of benzene rings is 1. The van der Waals surface area contributed by atoms with Gasteiger partial charge in [-0.2, -0.15) is 0 Å². The molecular formula is C26H31FN4O. The first-order valence-electron chi connectivity index (χ1n) is 11.6. The van der Waals surface area contributed by atoms with E-state index in [4.69, 9.17) is 4.98 Å². The Bertz CT molecular complexity index is 1170. The highest BCUT2D eigenvalue weighted by atomic mass is 19.1. The molecule has 0 bridgehead atoms. The Kier molecular flexibility index (Phi) is 4.99. The molecule has 32 heavy (non-hydrogen) atoms. The van der Waals surface area contributed by atoms with Crippen LogP contribution in [0.1, 0.15) is 52.0 Å². The molecule has 168 valence electrons. The van der Waals surface area contributed by atoms with Gasteiger partial charge in [0.05, 0.1) is 5.52 Å². The van der Waals surface area contributed by atoms with E-state index in [1.54, 1.807) is 12.1 Å². The largest absolute Gasteiger partial charge is 0.350 e. The van der Waals surface area contributed by atoms with E-state index in [0.29, 0.717) is 19.0 Å². The van der Waals surface area contributed by atoms with Crippen LogP contribution < -0.4 is 4.90 Å². The molecule has 1 amide bonds. The maximum atomic E-state index is 14.0. The zero-order chi connectivity index (χ0) is 22.6. The van der Waals surface area contributed by atoms with E-state index in [9.17, 15) is 9.18 Å². The summed E-state index contributed by atoms with van der Waals surface area (Å²) >= 11 is 0. The number of hydrogen-bond acceptors (Lipinski definition) is 3. The van der Waals surface area contributed by atoms with Crippen LogP contribution in [-0.4, -0.2) is 46.0 Å². The Hall–Kier alpha value is -2.89. The molecule has 3 aromatic rings. The molecule has 1 saturated heterocycles. The Morgan fingerprint density at radius 1 is 1.16 bits per heavy atom. The fourth-order valence-electron chi connectivity index (χ4n) is 4.88. The number of halogens is 1. The van der Waals surface area contributed by atoms with Gasteiger partial charge in [-0.3, -0.25) is 4.79 Å². The van der Waals surface area contributed by atoms with Crippen LogP contribution in [-0.2, 0) is 4.79 Å². The molecule has 3 heterocycles. The lowest BCUT2D eigenvalue weighted by atomic mass is 9.94. The Morgan fingerprint density at radius 3 is 2.59 bits per heavy atom. The summed E-state index contributed by atoms with van der Waals surface area (Å²) in [5.74, 6) is 1.48. The van der Waals surface area contributed by atoms with Gasteiger partial charge in [-0.05, 0) is 55.5 Å². The van der Waals surface area contributed by atoms with Crippen molar-refractivity contribution in [3.05, 3.63) is 54.1 Å². The fourth-order valence-corrected chi connectivity index (χ4v) is 4.88. The molecule has 1 aromatic carbocycles. The number of anilines is 1. The maximum absolute atomic E-state index is 14.0. The molecule has 1 aliphatic heterocycles. The first-order chi connectivity index (χ1) is 15.2. The Balaban J connectivity index is 1.55. The molecule has 2 aliphatic rings. The van der Waals surface area contributed by atoms with Gasteiger partial charge in [-0.1, -0.05) is 26.8 Å². The lowest BCUT2D eigenvalue weighted by Crippen LogP contribution is -2.56. The SMILES string of the molecule is C[C@H]1CN(C(=O)C(C)(C)C)CCN1c1nccc2c1c(C1CC1)cn2-c1cccc(F)c1. The molecular weight excluding hydrogens is 403 g/mol. The van der Waals surface area contributed by atoms with Crippen LogP contribution in [0, 0.1) is 11.2 Å². The summed E-state index contributed by atoms with van der Waals surface area (Å²) in [4.78, 5) is 22.0. The van der Waals surface area contributed by atoms with E-state index in [-0.39, 0.29) is 23.2 Å². The summed E-state index contributed by atoms with van der Waals surface area (Å²) in [5.41, 5.74) is 2.81. The van der Waals surface area contributed by atoms with Crippen molar-refractivity contribution in [2.45, 2.75) is 52.5 Å². The molecule has 2 fully saturated rings. The third-order valence-corrected chi connectivity index (χ3v) is 6.66. The van der Waals surface area contributed by atoms with Crippen molar-refractivity contribution in [1.82, 2.24) is 14.5 Å². The lowest BCUT2D eigenvalue weighted by Gasteiger charge is -2.42. The minimum atomic E-state index is -0.374. The minimum absolute atomic E-state index is 0.165. The standard InChI is InChI=1S/C26H31FN4O/c1-17-15-29(25(32)26(2,3)4)12-13-30(17)24-23-21(18-8-9-18)16-31(22(23)10-11-28-24)20-7-5-6-19(27)14-20/h5-7,10-11,14,16-18H,8-9,12-13,15H2,1-4H3/t17-/m0/s1. The third kappa shape index (κ3) is 3.65. The number of aromatic nitrogens is 2. The average molecular weight is 435 g/mol. The topological polar surface area (TPSA) is 41.4 Å². The smallest absolute Gasteiger partial charge is 0.228 e. The number of piperazine rings is 1. The second-order valence-corrected chi connectivity index (χ2v) is 10.3. The Labute approximate surface area is 188 Å². The van der Waals surface area contributed by atoms with Crippen molar-refractivity contribution in [1.29, 1.82) is 0 Å². The van der Waals surface area contributed by atoms with Crippen molar-refractivity contribution in [3.63, 3.8) is 0 Å². The van der Waals surface area contributed by atoms with Crippen LogP contribution in [0.5, 0.6) is 0 Å². The molecule has 6 heteroatoms. The first-order valence-corrected chi connectivity index (χ1v) is 11.6. The van der Waals surface area contributed by atoms with Crippen molar-refractivity contribution in [2.75, 3.05) is 24.5 Å². The second-order valence-electron chi connectivity index (χ2n) is 10.3. The molecule has 5 nitrogen and oxygen atoms in total. The summed E-state index contributed by atoms with van der Waals surface area (Å²) < 4.78 is 16.1. The van der Waals surface area contributed by atoms with Crippen molar-refractivity contribution < 1.29 is 9.18 Å². The van der Waals surface area contributed by atoms with Gasteiger partial charge in [-0.25, -0.2) is 9.37 Å². The van der Waals surface area contributed by atoms with E-state index in [0.717, 1.165) is 23.6 Å². The van der Waals surface area contributed by atoms with E-state index in [2.05, 4.69) is 22.6 Å².